The second kappa shape index (κ2) is 7.31. The highest BCUT2D eigenvalue weighted by molar-refractivity contribution is 5.96. The van der Waals surface area contributed by atoms with Crippen molar-refractivity contribution in [1.82, 2.24) is 9.97 Å². The molecule has 6 heteroatoms. The SMILES string of the molecule is CCC(OC(=O)c1cccnc1)C(=O)Nc1cc(C)ccn1. The van der Waals surface area contributed by atoms with Crippen LogP contribution in [0.2, 0.25) is 0 Å². The molecule has 1 atom stereocenters. The topological polar surface area (TPSA) is 81.2 Å². The number of carbonyl (C=O) groups excluding carboxylic acids is 2. The number of hydrogen-bond donors (Lipinski definition) is 1. The third-order valence-corrected chi connectivity index (χ3v) is 2.98. The Morgan fingerprint density at radius 1 is 1.32 bits per heavy atom. The van der Waals surface area contributed by atoms with Crippen molar-refractivity contribution in [2.45, 2.75) is 26.4 Å². The van der Waals surface area contributed by atoms with Crippen LogP contribution in [0.4, 0.5) is 5.82 Å². The van der Waals surface area contributed by atoms with Crippen molar-refractivity contribution in [1.29, 1.82) is 0 Å². The lowest BCUT2D eigenvalue weighted by Crippen LogP contribution is -2.32. The third-order valence-electron chi connectivity index (χ3n) is 2.98. The Labute approximate surface area is 128 Å². The van der Waals surface area contributed by atoms with E-state index in [2.05, 4.69) is 15.3 Å². The molecule has 0 saturated heterocycles. The van der Waals surface area contributed by atoms with Crippen molar-refractivity contribution in [3.8, 4) is 0 Å². The first-order valence-corrected chi connectivity index (χ1v) is 6.94. The fourth-order valence-corrected chi connectivity index (χ4v) is 1.81. The van der Waals surface area contributed by atoms with E-state index in [0.717, 1.165) is 5.56 Å². The van der Waals surface area contributed by atoms with E-state index in [9.17, 15) is 9.59 Å². The second-order valence-electron chi connectivity index (χ2n) is 4.75. The molecule has 0 aliphatic heterocycles. The minimum atomic E-state index is -0.880. The Morgan fingerprint density at radius 3 is 2.77 bits per heavy atom. The molecule has 6 nitrogen and oxygen atoms in total. The number of pyridine rings is 2. The van der Waals surface area contributed by atoms with Crippen LogP contribution < -0.4 is 5.32 Å². The van der Waals surface area contributed by atoms with E-state index in [1.54, 1.807) is 37.5 Å². The lowest BCUT2D eigenvalue weighted by molar-refractivity contribution is -0.124. The van der Waals surface area contributed by atoms with Crippen LogP contribution in [-0.2, 0) is 9.53 Å². The molecule has 1 unspecified atom stereocenters. The van der Waals surface area contributed by atoms with Gasteiger partial charge in [-0.1, -0.05) is 6.92 Å². The summed E-state index contributed by atoms with van der Waals surface area (Å²) in [5.41, 5.74) is 1.29. The van der Waals surface area contributed by atoms with Gasteiger partial charge in [-0.2, -0.15) is 0 Å². The first-order valence-electron chi connectivity index (χ1n) is 6.94. The number of aromatic nitrogens is 2. The molecule has 2 aromatic rings. The predicted molar refractivity (Wildman–Crippen MR) is 81.3 cm³/mol. The maximum atomic E-state index is 12.2. The number of anilines is 1. The van der Waals surface area contributed by atoms with Crippen LogP contribution in [0.15, 0.2) is 42.9 Å². The van der Waals surface area contributed by atoms with Crippen LogP contribution in [0.25, 0.3) is 0 Å². The van der Waals surface area contributed by atoms with Crippen LogP contribution in [0.1, 0.15) is 29.3 Å². The van der Waals surface area contributed by atoms with Crippen LogP contribution in [-0.4, -0.2) is 27.9 Å². The fourth-order valence-electron chi connectivity index (χ4n) is 1.81. The summed E-state index contributed by atoms with van der Waals surface area (Å²) in [6.45, 7) is 3.67. The van der Waals surface area contributed by atoms with Crippen molar-refractivity contribution in [2.75, 3.05) is 5.32 Å². The van der Waals surface area contributed by atoms with Gasteiger partial charge in [-0.05, 0) is 43.2 Å². The van der Waals surface area contributed by atoms with E-state index in [1.807, 2.05) is 13.0 Å². The Kier molecular flexibility index (Phi) is 5.19. The van der Waals surface area contributed by atoms with Crippen LogP contribution in [0.3, 0.4) is 0 Å². The number of aryl methyl sites for hydroxylation is 1. The van der Waals surface area contributed by atoms with Crippen molar-refractivity contribution < 1.29 is 14.3 Å². The molecule has 2 heterocycles. The van der Waals surface area contributed by atoms with E-state index in [0.29, 0.717) is 17.8 Å². The number of nitrogens with one attached hydrogen (secondary N) is 1. The standard InChI is InChI=1S/C16H17N3O3/c1-3-13(22-16(21)12-5-4-7-17-10-12)15(20)19-14-9-11(2)6-8-18-14/h4-10,13H,3H2,1-2H3,(H,18,19,20). The van der Waals surface area contributed by atoms with Gasteiger partial charge < -0.3 is 10.1 Å². The summed E-state index contributed by atoms with van der Waals surface area (Å²) < 4.78 is 5.23. The van der Waals surface area contributed by atoms with Gasteiger partial charge in [-0.3, -0.25) is 9.78 Å². The summed E-state index contributed by atoms with van der Waals surface area (Å²) in [5, 5.41) is 2.65. The lowest BCUT2D eigenvalue weighted by atomic mass is 10.2. The van der Waals surface area contributed by atoms with Gasteiger partial charge in [0.25, 0.3) is 5.91 Å². The summed E-state index contributed by atoms with van der Waals surface area (Å²) in [6.07, 6.45) is 4.05. The fraction of sp³-hybridized carbons (Fsp3) is 0.250. The molecule has 114 valence electrons. The second-order valence-corrected chi connectivity index (χ2v) is 4.75. The average molecular weight is 299 g/mol. The molecule has 0 fully saturated rings. The third kappa shape index (κ3) is 4.12. The quantitative estimate of drug-likeness (QED) is 0.857. The van der Waals surface area contributed by atoms with E-state index < -0.39 is 18.0 Å². The van der Waals surface area contributed by atoms with Gasteiger partial charge in [0.05, 0.1) is 5.56 Å². The van der Waals surface area contributed by atoms with Crippen molar-refractivity contribution in [3.05, 3.63) is 54.0 Å². The summed E-state index contributed by atoms with van der Waals surface area (Å²) >= 11 is 0. The minimum Gasteiger partial charge on any atom is -0.449 e. The zero-order valence-corrected chi connectivity index (χ0v) is 12.4. The number of nitrogens with zero attached hydrogens (tertiary/aromatic N) is 2. The Bertz CT molecular complexity index is 659. The largest absolute Gasteiger partial charge is 0.449 e. The summed E-state index contributed by atoms with van der Waals surface area (Å²) in [7, 11) is 0. The Balaban J connectivity index is 2.02. The maximum Gasteiger partial charge on any atom is 0.340 e. The summed E-state index contributed by atoms with van der Waals surface area (Å²) in [4.78, 5) is 32.0. The zero-order valence-electron chi connectivity index (χ0n) is 12.4. The summed E-state index contributed by atoms with van der Waals surface area (Å²) in [5.74, 6) is -0.550. The highest BCUT2D eigenvalue weighted by Crippen LogP contribution is 2.10. The highest BCUT2D eigenvalue weighted by atomic mass is 16.5. The number of ether oxygens (including phenoxy) is 1. The van der Waals surface area contributed by atoms with Gasteiger partial charge in [-0.25, -0.2) is 9.78 Å². The molecule has 22 heavy (non-hydrogen) atoms. The van der Waals surface area contributed by atoms with E-state index >= 15 is 0 Å². The smallest absolute Gasteiger partial charge is 0.340 e. The van der Waals surface area contributed by atoms with Crippen LogP contribution in [0, 0.1) is 6.92 Å². The molecule has 0 aromatic carbocycles. The lowest BCUT2D eigenvalue weighted by Gasteiger charge is -2.15. The molecule has 1 amide bonds. The number of hydrogen-bond acceptors (Lipinski definition) is 5. The molecular formula is C16H17N3O3. The van der Waals surface area contributed by atoms with Gasteiger partial charge >= 0.3 is 5.97 Å². The van der Waals surface area contributed by atoms with E-state index in [4.69, 9.17) is 4.74 Å². The monoisotopic (exact) mass is 299 g/mol. The molecule has 1 N–H and O–H groups in total. The zero-order chi connectivity index (χ0) is 15.9. The molecule has 0 aliphatic carbocycles. The van der Waals surface area contributed by atoms with Crippen molar-refractivity contribution in [2.24, 2.45) is 0 Å². The number of esters is 1. The van der Waals surface area contributed by atoms with Crippen molar-refractivity contribution in [3.63, 3.8) is 0 Å². The number of amides is 1. The van der Waals surface area contributed by atoms with E-state index in [1.165, 1.54) is 6.20 Å². The molecular weight excluding hydrogens is 282 g/mol. The van der Waals surface area contributed by atoms with Gasteiger partial charge in [0.15, 0.2) is 6.10 Å². The maximum absolute atomic E-state index is 12.2. The Hall–Kier alpha value is -2.76. The van der Waals surface area contributed by atoms with Crippen molar-refractivity contribution >= 4 is 17.7 Å². The summed E-state index contributed by atoms with van der Waals surface area (Å²) in [6, 6.07) is 6.79. The molecule has 2 rings (SSSR count). The molecule has 0 radical (unpaired) electrons. The number of carbonyl (C=O) groups is 2. The first kappa shape index (κ1) is 15.6. The van der Waals surface area contributed by atoms with E-state index in [-0.39, 0.29) is 0 Å². The average Bonchev–Trinajstić information content (AvgIpc) is 2.53. The van der Waals surface area contributed by atoms with Crippen LogP contribution >= 0.6 is 0 Å². The molecule has 0 saturated carbocycles. The molecule has 0 bridgehead atoms. The molecule has 2 aromatic heterocycles. The highest BCUT2D eigenvalue weighted by Gasteiger charge is 2.22. The predicted octanol–water partition coefficient (Wildman–Crippen LogP) is 2.36. The van der Waals surface area contributed by atoms with Gasteiger partial charge in [0.2, 0.25) is 0 Å². The van der Waals surface area contributed by atoms with Gasteiger partial charge in [0, 0.05) is 18.6 Å². The van der Waals surface area contributed by atoms with Gasteiger partial charge in [-0.15, -0.1) is 0 Å². The first-order chi connectivity index (χ1) is 10.6. The molecule has 0 aliphatic rings. The Morgan fingerprint density at radius 2 is 2.14 bits per heavy atom. The normalized spacial score (nSPS) is 11.5. The van der Waals surface area contributed by atoms with Crippen LogP contribution in [0.5, 0.6) is 0 Å². The minimum absolute atomic E-state index is 0.308. The number of rotatable bonds is 5. The molecule has 0 spiro atoms. The van der Waals surface area contributed by atoms with Gasteiger partial charge in [0.1, 0.15) is 5.82 Å².